The lowest BCUT2D eigenvalue weighted by molar-refractivity contribution is -0.121. The second-order valence-electron chi connectivity index (χ2n) is 2.74. The van der Waals surface area contributed by atoms with Gasteiger partial charge in [0.15, 0.2) is 0 Å². The summed E-state index contributed by atoms with van der Waals surface area (Å²) >= 11 is 0. The molecule has 0 aromatic heterocycles. The quantitative estimate of drug-likeness (QED) is 0.359. The fourth-order valence-corrected chi connectivity index (χ4v) is 0.975. The molecule has 1 atom stereocenters. The van der Waals surface area contributed by atoms with Crippen molar-refractivity contribution in [3.63, 3.8) is 0 Å². The largest absolute Gasteiger partial charge is 0.374 e. The highest BCUT2D eigenvalue weighted by atomic mass is 16.2. The maximum atomic E-state index is 11.0. The maximum Gasteiger partial charge on any atom is 0.256 e. The Bertz CT molecular complexity index is 273. The van der Waals surface area contributed by atoms with Gasteiger partial charge in [0, 0.05) is 5.69 Å². The molecule has 0 fully saturated rings. The van der Waals surface area contributed by atoms with E-state index in [4.69, 9.17) is 5.84 Å². The van der Waals surface area contributed by atoms with E-state index < -0.39 is 0 Å². The number of hydrogen-bond acceptors (Lipinski definition) is 3. The number of nitrogens with two attached hydrogens (primary N) is 1. The highest BCUT2D eigenvalue weighted by molar-refractivity contribution is 5.83. The van der Waals surface area contributed by atoms with E-state index in [0.29, 0.717) is 0 Å². The van der Waals surface area contributed by atoms with Gasteiger partial charge in [-0.1, -0.05) is 18.2 Å². The summed E-state index contributed by atoms with van der Waals surface area (Å²) in [4.78, 5) is 11.0. The van der Waals surface area contributed by atoms with Gasteiger partial charge in [0.05, 0.1) is 0 Å². The van der Waals surface area contributed by atoms with Crippen molar-refractivity contribution in [1.29, 1.82) is 0 Å². The number of benzene rings is 1. The lowest BCUT2D eigenvalue weighted by Crippen LogP contribution is -2.41. The van der Waals surface area contributed by atoms with Gasteiger partial charge in [0.25, 0.3) is 5.91 Å². The minimum Gasteiger partial charge on any atom is -0.374 e. The molecule has 1 aromatic rings. The molecule has 4 N–H and O–H groups in total. The first-order chi connectivity index (χ1) is 6.24. The third kappa shape index (κ3) is 2.76. The van der Waals surface area contributed by atoms with Gasteiger partial charge in [0.2, 0.25) is 0 Å². The van der Waals surface area contributed by atoms with Crippen LogP contribution in [-0.2, 0) is 4.79 Å². The first-order valence-corrected chi connectivity index (χ1v) is 4.06. The summed E-state index contributed by atoms with van der Waals surface area (Å²) in [7, 11) is 0. The first-order valence-electron chi connectivity index (χ1n) is 4.06. The van der Waals surface area contributed by atoms with E-state index in [1.165, 1.54) is 0 Å². The van der Waals surface area contributed by atoms with Gasteiger partial charge in [0.1, 0.15) is 6.04 Å². The Morgan fingerprint density at radius 1 is 1.38 bits per heavy atom. The molecule has 0 heterocycles. The smallest absolute Gasteiger partial charge is 0.256 e. The number of nitrogens with one attached hydrogen (secondary N) is 2. The second kappa shape index (κ2) is 4.47. The molecule has 70 valence electrons. The number of hydrogen-bond donors (Lipinski definition) is 3. The van der Waals surface area contributed by atoms with Gasteiger partial charge in [-0.2, -0.15) is 0 Å². The highest BCUT2D eigenvalue weighted by Crippen LogP contribution is 2.06. The minimum atomic E-state index is -0.326. The van der Waals surface area contributed by atoms with Crippen LogP contribution in [0.25, 0.3) is 0 Å². The number of anilines is 1. The predicted octanol–water partition coefficient (Wildman–Crippen LogP) is 0.477. The lowest BCUT2D eigenvalue weighted by atomic mass is 10.2. The number of rotatable bonds is 3. The van der Waals surface area contributed by atoms with Crippen molar-refractivity contribution in [2.75, 3.05) is 5.32 Å². The molecule has 0 aliphatic rings. The summed E-state index contributed by atoms with van der Waals surface area (Å²) < 4.78 is 0. The SMILES string of the molecule is CC(Nc1ccccc1)C(=O)NN. The topological polar surface area (TPSA) is 67.2 Å². The van der Waals surface area contributed by atoms with Crippen molar-refractivity contribution < 1.29 is 4.79 Å². The normalized spacial score (nSPS) is 11.8. The summed E-state index contributed by atoms with van der Waals surface area (Å²) in [6.45, 7) is 1.75. The number of amides is 1. The average molecular weight is 179 g/mol. The zero-order valence-corrected chi connectivity index (χ0v) is 7.45. The zero-order chi connectivity index (χ0) is 9.68. The third-order valence-electron chi connectivity index (χ3n) is 1.69. The molecule has 1 amide bonds. The van der Waals surface area contributed by atoms with Gasteiger partial charge in [-0.15, -0.1) is 0 Å². The fourth-order valence-electron chi connectivity index (χ4n) is 0.975. The summed E-state index contributed by atoms with van der Waals surface area (Å²) in [5, 5.41) is 3.00. The Morgan fingerprint density at radius 2 is 2.00 bits per heavy atom. The van der Waals surface area contributed by atoms with Crippen LogP contribution in [0.15, 0.2) is 30.3 Å². The van der Waals surface area contributed by atoms with Gasteiger partial charge in [-0.25, -0.2) is 5.84 Å². The van der Waals surface area contributed by atoms with Crippen LogP contribution in [0.3, 0.4) is 0 Å². The molecule has 0 saturated heterocycles. The molecule has 4 nitrogen and oxygen atoms in total. The van der Waals surface area contributed by atoms with Crippen LogP contribution in [-0.4, -0.2) is 11.9 Å². The van der Waals surface area contributed by atoms with Crippen LogP contribution in [0.5, 0.6) is 0 Å². The van der Waals surface area contributed by atoms with Crippen molar-refractivity contribution in [1.82, 2.24) is 5.43 Å². The lowest BCUT2D eigenvalue weighted by Gasteiger charge is -2.12. The molecule has 0 spiro atoms. The van der Waals surface area contributed by atoms with E-state index in [9.17, 15) is 4.79 Å². The number of hydrazine groups is 1. The molecular formula is C9H13N3O. The van der Waals surface area contributed by atoms with E-state index >= 15 is 0 Å². The van der Waals surface area contributed by atoms with Crippen molar-refractivity contribution in [2.45, 2.75) is 13.0 Å². The molecule has 4 heteroatoms. The molecule has 0 bridgehead atoms. The molecule has 0 aliphatic carbocycles. The molecular weight excluding hydrogens is 166 g/mol. The monoisotopic (exact) mass is 179 g/mol. The summed E-state index contributed by atoms with van der Waals surface area (Å²) in [5.74, 6) is 4.75. The zero-order valence-electron chi connectivity index (χ0n) is 7.45. The predicted molar refractivity (Wildman–Crippen MR) is 51.9 cm³/mol. The van der Waals surface area contributed by atoms with Crippen molar-refractivity contribution in [3.05, 3.63) is 30.3 Å². The van der Waals surface area contributed by atoms with Crippen LogP contribution < -0.4 is 16.6 Å². The molecule has 1 aromatic carbocycles. The van der Waals surface area contributed by atoms with Gasteiger partial charge in [-0.05, 0) is 19.1 Å². The number of para-hydroxylation sites is 1. The summed E-state index contributed by atoms with van der Waals surface area (Å²) in [6, 6.07) is 9.16. The van der Waals surface area contributed by atoms with Crippen LogP contribution in [0.4, 0.5) is 5.69 Å². The standard InChI is InChI=1S/C9H13N3O/c1-7(9(13)12-10)11-8-5-3-2-4-6-8/h2-7,11H,10H2,1H3,(H,12,13). The minimum absolute atomic E-state index is 0.233. The van der Waals surface area contributed by atoms with Crippen molar-refractivity contribution in [2.24, 2.45) is 5.84 Å². The Hall–Kier alpha value is -1.55. The van der Waals surface area contributed by atoms with Crippen LogP contribution in [0.2, 0.25) is 0 Å². The first kappa shape index (κ1) is 9.54. The maximum absolute atomic E-state index is 11.0. The van der Waals surface area contributed by atoms with Crippen LogP contribution in [0, 0.1) is 0 Å². The molecule has 13 heavy (non-hydrogen) atoms. The van der Waals surface area contributed by atoms with Gasteiger partial charge >= 0.3 is 0 Å². The average Bonchev–Trinajstić information content (AvgIpc) is 2.18. The molecule has 1 unspecified atom stereocenters. The van der Waals surface area contributed by atoms with Crippen molar-refractivity contribution in [3.8, 4) is 0 Å². The molecule has 0 aliphatic heterocycles. The van der Waals surface area contributed by atoms with Gasteiger partial charge < -0.3 is 5.32 Å². The van der Waals surface area contributed by atoms with Crippen molar-refractivity contribution >= 4 is 11.6 Å². The van der Waals surface area contributed by atoms with Gasteiger partial charge in [-0.3, -0.25) is 10.2 Å². The van der Waals surface area contributed by atoms with E-state index in [1.54, 1.807) is 6.92 Å². The van der Waals surface area contributed by atoms with E-state index in [2.05, 4.69) is 10.7 Å². The fraction of sp³-hybridized carbons (Fsp3) is 0.222. The second-order valence-corrected chi connectivity index (χ2v) is 2.74. The van der Waals surface area contributed by atoms with E-state index in [0.717, 1.165) is 5.69 Å². The number of carbonyl (C=O) groups excluding carboxylic acids is 1. The Kier molecular flexibility index (Phi) is 3.28. The van der Waals surface area contributed by atoms with E-state index in [-0.39, 0.29) is 11.9 Å². The van der Waals surface area contributed by atoms with E-state index in [1.807, 2.05) is 30.3 Å². The molecule has 1 rings (SSSR count). The third-order valence-corrected chi connectivity index (χ3v) is 1.69. The summed E-state index contributed by atoms with van der Waals surface area (Å²) in [5.41, 5.74) is 2.99. The molecule has 0 radical (unpaired) electrons. The Balaban J connectivity index is 2.55. The number of carbonyl (C=O) groups is 1. The highest BCUT2D eigenvalue weighted by Gasteiger charge is 2.09. The van der Waals surface area contributed by atoms with Crippen LogP contribution in [0.1, 0.15) is 6.92 Å². The Labute approximate surface area is 77.1 Å². The van der Waals surface area contributed by atoms with Crippen LogP contribution >= 0.6 is 0 Å². The molecule has 0 saturated carbocycles. The summed E-state index contributed by atoms with van der Waals surface area (Å²) in [6.07, 6.45) is 0. The Morgan fingerprint density at radius 3 is 2.54 bits per heavy atom.